The third-order valence-corrected chi connectivity index (χ3v) is 7.19. The van der Waals surface area contributed by atoms with Gasteiger partial charge in [0.2, 0.25) is 11.8 Å². The van der Waals surface area contributed by atoms with E-state index in [4.69, 9.17) is 19.5 Å². The zero-order valence-corrected chi connectivity index (χ0v) is 20.7. The summed E-state index contributed by atoms with van der Waals surface area (Å²) in [5, 5.41) is 0. The van der Waals surface area contributed by atoms with Crippen molar-refractivity contribution in [3.8, 4) is 0 Å². The number of rotatable bonds is 8. The van der Waals surface area contributed by atoms with Gasteiger partial charge >= 0.3 is 0 Å². The molecule has 0 saturated heterocycles. The summed E-state index contributed by atoms with van der Waals surface area (Å²) in [7, 11) is 0. The van der Waals surface area contributed by atoms with Gasteiger partial charge < -0.3 is 9.47 Å². The lowest BCUT2D eigenvalue weighted by Gasteiger charge is -2.32. The Morgan fingerprint density at radius 2 is 0.865 bits per heavy atom. The molecule has 184 valence electrons. The van der Waals surface area contributed by atoms with Crippen molar-refractivity contribution >= 4 is 11.8 Å². The van der Waals surface area contributed by atoms with Crippen LogP contribution in [0.1, 0.15) is 34.3 Å². The molecule has 0 fully saturated rings. The van der Waals surface area contributed by atoms with Crippen molar-refractivity contribution in [2.45, 2.75) is 24.9 Å². The summed E-state index contributed by atoms with van der Waals surface area (Å²) in [4.78, 5) is 10.4. The Morgan fingerprint density at radius 1 is 0.514 bits per heavy atom. The van der Waals surface area contributed by atoms with Crippen LogP contribution >= 0.6 is 0 Å². The number of aliphatic imine (C=N–C) groups is 2. The van der Waals surface area contributed by atoms with Crippen LogP contribution in [0.3, 0.4) is 0 Å². The summed E-state index contributed by atoms with van der Waals surface area (Å²) >= 11 is 0. The second-order valence-electron chi connectivity index (χ2n) is 9.75. The monoisotopic (exact) mass is 486 g/mol. The molecular formula is C33H30N2O2. The predicted molar refractivity (Wildman–Crippen MR) is 148 cm³/mol. The summed E-state index contributed by atoms with van der Waals surface area (Å²) in [5.74, 6) is 1.42. The molecule has 0 N–H and O–H groups in total. The molecule has 2 aliphatic rings. The zero-order valence-electron chi connectivity index (χ0n) is 20.7. The fraction of sp³-hybridized carbons (Fsp3) is 0.212. The van der Waals surface area contributed by atoms with Gasteiger partial charge in [-0.1, -0.05) is 121 Å². The smallest absolute Gasteiger partial charge is 0.200 e. The van der Waals surface area contributed by atoms with Crippen LogP contribution in [-0.2, 0) is 22.3 Å². The van der Waals surface area contributed by atoms with Crippen molar-refractivity contribution in [2.75, 3.05) is 13.2 Å². The zero-order chi connectivity index (χ0) is 24.9. The molecule has 6 rings (SSSR count). The van der Waals surface area contributed by atoms with Crippen LogP contribution in [0.2, 0.25) is 0 Å². The lowest BCUT2D eigenvalue weighted by Crippen LogP contribution is -2.44. The van der Waals surface area contributed by atoms with E-state index in [-0.39, 0.29) is 12.1 Å². The minimum absolute atomic E-state index is 0.0472. The molecule has 0 spiro atoms. The van der Waals surface area contributed by atoms with E-state index in [0.717, 1.165) is 11.1 Å². The number of hydrogen-bond donors (Lipinski definition) is 0. The van der Waals surface area contributed by atoms with Crippen molar-refractivity contribution in [1.29, 1.82) is 0 Å². The van der Waals surface area contributed by atoms with Crippen LogP contribution in [0.5, 0.6) is 0 Å². The van der Waals surface area contributed by atoms with Crippen LogP contribution in [0.15, 0.2) is 131 Å². The van der Waals surface area contributed by atoms with E-state index in [2.05, 4.69) is 97.1 Å². The highest BCUT2D eigenvalue weighted by atomic mass is 16.5. The lowest BCUT2D eigenvalue weighted by atomic mass is 9.75. The molecule has 37 heavy (non-hydrogen) atoms. The number of nitrogens with zero attached hydrogens (tertiary/aromatic N) is 2. The van der Waals surface area contributed by atoms with Gasteiger partial charge in [0.15, 0.2) is 0 Å². The summed E-state index contributed by atoms with van der Waals surface area (Å²) in [6.07, 6.45) is 1.37. The first-order valence-electron chi connectivity index (χ1n) is 12.9. The van der Waals surface area contributed by atoms with Crippen LogP contribution in [-0.4, -0.2) is 25.0 Å². The van der Waals surface area contributed by atoms with Crippen molar-refractivity contribution in [3.63, 3.8) is 0 Å². The molecule has 0 aliphatic carbocycles. The second kappa shape index (κ2) is 10.4. The van der Waals surface area contributed by atoms with E-state index >= 15 is 0 Å². The second-order valence-corrected chi connectivity index (χ2v) is 9.75. The van der Waals surface area contributed by atoms with Crippen LogP contribution in [0.25, 0.3) is 0 Å². The predicted octanol–water partition coefficient (Wildman–Crippen LogP) is 6.80. The SMILES string of the molecule is c1ccc(CC(Cc2ccccc2)(C2=N[C@H](c3ccccc3)CO2)C2=N[C@H](c3ccccc3)CO2)cc1. The van der Waals surface area contributed by atoms with Gasteiger partial charge in [-0.3, -0.25) is 0 Å². The molecule has 4 aromatic rings. The Balaban J connectivity index is 1.47. The Kier molecular flexibility index (Phi) is 6.55. The van der Waals surface area contributed by atoms with E-state index in [1.807, 2.05) is 24.3 Å². The summed E-state index contributed by atoms with van der Waals surface area (Å²) in [6.45, 7) is 1.03. The van der Waals surface area contributed by atoms with Gasteiger partial charge in [-0.2, -0.15) is 0 Å². The van der Waals surface area contributed by atoms with Crippen LogP contribution < -0.4 is 0 Å². The molecule has 0 aromatic heterocycles. The van der Waals surface area contributed by atoms with Gasteiger partial charge in [0.05, 0.1) is 0 Å². The van der Waals surface area contributed by atoms with E-state index < -0.39 is 5.41 Å². The van der Waals surface area contributed by atoms with Crippen LogP contribution in [0.4, 0.5) is 0 Å². The molecule has 0 bridgehead atoms. The molecule has 0 amide bonds. The third kappa shape index (κ3) is 4.92. The Hall–Kier alpha value is -4.18. The Bertz CT molecular complexity index is 1260. The molecule has 4 aromatic carbocycles. The van der Waals surface area contributed by atoms with Gasteiger partial charge in [0.25, 0.3) is 0 Å². The maximum Gasteiger partial charge on any atom is 0.200 e. The topological polar surface area (TPSA) is 43.2 Å². The molecule has 0 unspecified atom stereocenters. The average Bonchev–Trinajstić information content (AvgIpc) is 3.67. The molecule has 0 radical (unpaired) electrons. The quantitative estimate of drug-likeness (QED) is 0.275. The van der Waals surface area contributed by atoms with E-state index in [1.165, 1.54) is 11.1 Å². The number of ether oxygens (including phenoxy) is 2. The highest BCUT2D eigenvalue weighted by molar-refractivity contribution is 6.07. The number of hydrogen-bond acceptors (Lipinski definition) is 4. The highest BCUT2D eigenvalue weighted by Gasteiger charge is 2.49. The summed E-state index contributed by atoms with van der Waals surface area (Å²) < 4.78 is 12.9. The van der Waals surface area contributed by atoms with E-state index in [0.29, 0.717) is 37.9 Å². The molecule has 2 atom stereocenters. The molecular weight excluding hydrogens is 456 g/mol. The first-order valence-corrected chi connectivity index (χ1v) is 12.9. The maximum atomic E-state index is 6.47. The van der Waals surface area contributed by atoms with Gasteiger partial charge in [-0.25, -0.2) is 9.98 Å². The largest absolute Gasteiger partial charge is 0.478 e. The van der Waals surface area contributed by atoms with Gasteiger partial charge in [-0.15, -0.1) is 0 Å². The van der Waals surface area contributed by atoms with Crippen molar-refractivity contribution in [1.82, 2.24) is 0 Å². The minimum atomic E-state index is -0.657. The van der Waals surface area contributed by atoms with Crippen LogP contribution in [0, 0.1) is 5.41 Å². The maximum absolute atomic E-state index is 6.47. The third-order valence-electron chi connectivity index (χ3n) is 7.19. The number of benzene rings is 4. The Labute approximate surface area is 218 Å². The summed E-state index contributed by atoms with van der Waals surface area (Å²) in [5.41, 5.74) is 4.05. The van der Waals surface area contributed by atoms with Crippen molar-refractivity contribution < 1.29 is 9.47 Å². The molecule has 4 nitrogen and oxygen atoms in total. The van der Waals surface area contributed by atoms with Crippen molar-refractivity contribution in [3.05, 3.63) is 144 Å². The molecule has 2 aliphatic heterocycles. The summed E-state index contributed by atoms with van der Waals surface area (Å²) in [6, 6.07) is 41.7. The molecule has 4 heteroatoms. The fourth-order valence-corrected chi connectivity index (χ4v) is 5.31. The molecule has 2 heterocycles. The normalized spacial score (nSPS) is 19.0. The van der Waals surface area contributed by atoms with Gasteiger partial charge in [0.1, 0.15) is 30.7 Å². The average molecular weight is 487 g/mol. The standard InChI is InChI=1S/C33H30N2O2/c1-5-13-25(14-6-1)21-33(22-26-15-7-2-8-16-26,31-34-29(23-36-31)27-17-9-3-10-18-27)32-35-30(24-37-32)28-19-11-4-12-20-28/h1-20,29-30H,21-24H2/t29-,30-/m0/s1. The first-order chi connectivity index (χ1) is 18.3. The molecule has 0 saturated carbocycles. The van der Waals surface area contributed by atoms with Crippen molar-refractivity contribution in [2.24, 2.45) is 15.4 Å². The Morgan fingerprint density at radius 3 is 1.24 bits per heavy atom. The van der Waals surface area contributed by atoms with E-state index in [1.54, 1.807) is 0 Å². The fourth-order valence-electron chi connectivity index (χ4n) is 5.31. The first kappa shape index (κ1) is 23.2. The lowest BCUT2D eigenvalue weighted by molar-refractivity contribution is 0.249. The van der Waals surface area contributed by atoms with Gasteiger partial charge in [-0.05, 0) is 35.1 Å². The highest BCUT2D eigenvalue weighted by Crippen LogP contribution is 2.41. The van der Waals surface area contributed by atoms with E-state index in [9.17, 15) is 0 Å². The minimum Gasteiger partial charge on any atom is -0.478 e. The van der Waals surface area contributed by atoms with Gasteiger partial charge in [0, 0.05) is 0 Å².